The Bertz CT molecular complexity index is 160. The van der Waals surface area contributed by atoms with Gasteiger partial charge in [-0.2, -0.15) is 0 Å². The van der Waals surface area contributed by atoms with Crippen LogP contribution in [0, 0.1) is 5.92 Å². The average molecular weight is 212 g/mol. The molecule has 0 spiro atoms. The highest BCUT2D eigenvalue weighted by atomic mass is 14.9. The van der Waals surface area contributed by atoms with E-state index in [9.17, 15) is 0 Å². The van der Waals surface area contributed by atoms with Crippen molar-refractivity contribution in [1.29, 1.82) is 0 Å². The van der Waals surface area contributed by atoms with Crippen molar-refractivity contribution in [2.24, 2.45) is 11.7 Å². The maximum absolute atomic E-state index is 6.10. The molecule has 15 heavy (non-hydrogen) atoms. The minimum absolute atomic E-state index is 0.0273. The first-order chi connectivity index (χ1) is 7.14. The first kappa shape index (κ1) is 13.0. The largest absolute Gasteiger partial charge is 0.325 e. The molecule has 1 saturated carbocycles. The highest BCUT2D eigenvalue weighted by Gasteiger charge is 2.16. The Morgan fingerprint density at radius 1 is 1.27 bits per heavy atom. The molecule has 0 radical (unpaired) electrons. The minimum atomic E-state index is 0.0273. The lowest BCUT2D eigenvalue weighted by Crippen LogP contribution is -2.39. The Morgan fingerprint density at radius 2 is 1.93 bits per heavy atom. The topological polar surface area (TPSA) is 38.0 Å². The van der Waals surface area contributed by atoms with Gasteiger partial charge in [0.25, 0.3) is 0 Å². The second kappa shape index (κ2) is 6.49. The summed E-state index contributed by atoms with van der Waals surface area (Å²) in [5.41, 5.74) is 6.12. The van der Waals surface area contributed by atoms with Crippen LogP contribution in [0.2, 0.25) is 0 Å². The van der Waals surface area contributed by atoms with Crippen LogP contribution >= 0.6 is 0 Å². The van der Waals surface area contributed by atoms with E-state index in [-0.39, 0.29) is 5.54 Å². The van der Waals surface area contributed by atoms with E-state index in [0.29, 0.717) is 0 Å². The van der Waals surface area contributed by atoms with Crippen LogP contribution in [0.3, 0.4) is 0 Å². The van der Waals surface area contributed by atoms with Crippen LogP contribution in [0.4, 0.5) is 0 Å². The zero-order chi connectivity index (χ0) is 11.1. The van der Waals surface area contributed by atoms with Gasteiger partial charge >= 0.3 is 0 Å². The summed E-state index contributed by atoms with van der Waals surface area (Å²) in [4.78, 5) is 0. The van der Waals surface area contributed by atoms with Gasteiger partial charge in [-0.3, -0.25) is 0 Å². The fraction of sp³-hybridized carbons (Fsp3) is 1.00. The van der Waals surface area contributed by atoms with Crippen LogP contribution < -0.4 is 11.1 Å². The first-order valence-corrected chi connectivity index (χ1v) is 6.63. The summed E-state index contributed by atoms with van der Waals surface area (Å²) in [6, 6.07) is 0. The summed E-state index contributed by atoms with van der Waals surface area (Å²) in [5, 5.41) is 3.57. The van der Waals surface area contributed by atoms with E-state index in [1.54, 1.807) is 0 Å². The van der Waals surface area contributed by atoms with Gasteiger partial charge in [0.05, 0.1) is 0 Å². The molecule has 1 rings (SSSR count). The second-order valence-corrected chi connectivity index (χ2v) is 5.47. The molecule has 0 amide bonds. The van der Waals surface area contributed by atoms with E-state index in [4.69, 9.17) is 5.73 Å². The number of nitrogens with one attached hydrogen (secondary N) is 1. The molecule has 1 aliphatic rings. The number of nitrogens with two attached hydrogens (primary N) is 1. The van der Waals surface area contributed by atoms with Gasteiger partial charge in [-0.1, -0.05) is 26.2 Å². The first-order valence-electron chi connectivity index (χ1n) is 6.63. The van der Waals surface area contributed by atoms with E-state index < -0.39 is 0 Å². The molecular weight excluding hydrogens is 184 g/mol. The van der Waals surface area contributed by atoms with Gasteiger partial charge < -0.3 is 11.1 Å². The molecule has 2 nitrogen and oxygen atoms in total. The van der Waals surface area contributed by atoms with Crippen molar-refractivity contribution in [3.63, 3.8) is 0 Å². The normalized spacial score (nSPS) is 22.6. The fourth-order valence-corrected chi connectivity index (χ4v) is 2.25. The lowest BCUT2D eigenvalue weighted by Gasteiger charge is -2.25. The average Bonchev–Trinajstić information content (AvgIpc) is 2.26. The summed E-state index contributed by atoms with van der Waals surface area (Å²) in [7, 11) is 0. The van der Waals surface area contributed by atoms with E-state index in [0.717, 1.165) is 25.3 Å². The standard InChI is InChI=1S/C13H28N2/c1-3-13(2,14)9-10-15-11-12-7-5-4-6-8-12/h12,15H,3-11,14H2,1-2H3. The monoisotopic (exact) mass is 212 g/mol. The van der Waals surface area contributed by atoms with E-state index in [1.165, 1.54) is 38.6 Å². The zero-order valence-corrected chi connectivity index (χ0v) is 10.5. The molecule has 0 heterocycles. The lowest BCUT2D eigenvalue weighted by atomic mass is 9.89. The van der Waals surface area contributed by atoms with Crippen LogP contribution in [-0.2, 0) is 0 Å². The van der Waals surface area contributed by atoms with Crippen molar-refractivity contribution < 1.29 is 0 Å². The molecule has 2 heteroatoms. The summed E-state index contributed by atoms with van der Waals surface area (Å²) in [6.45, 7) is 6.60. The summed E-state index contributed by atoms with van der Waals surface area (Å²) in [5.74, 6) is 0.935. The van der Waals surface area contributed by atoms with Gasteiger partial charge in [0.15, 0.2) is 0 Å². The summed E-state index contributed by atoms with van der Waals surface area (Å²) >= 11 is 0. The molecule has 0 aromatic rings. The molecule has 0 aliphatic heterocycles. The van der Waals surface area contributed by atoms with E-state index in [2.05, 4.69) is 19.2 Å². The number of rotatable bonds is 6. The predicted octanol–water partition coefficient (Wildman–Crippen LogP) is 2.67. The van der Waals surface area contributed by atoms with Gasteiger partial charge in [0.2, 0.25) is 0 Å². The highest BCUT2D eigenvalue weighted by Crippen LogP contribution is 2.22. The maximum atomic E-state index is 6.10. The van der Waals surface area contributed by atoms with Crippen molar-refractivity contribution in [3.05, 3.63) is 0 Å². The third kappa shape index (κ3) is 5.53. The van der Waals surface area contributed by atoms with Gasteiger partial charge in [0.1, 0.15) is 0 Å². The Hall–Kier alpha value is -0.0800. The molecule has 90 valence electrons. The molecule has 0 bridgehead atoms. The SMILES string of the molecule is CCC(C)(N)CCNCC1CCCCC1. The van der Waals surface area contributed by atoms with Crippen LogP contribution in [0.15, 0.2) is 0 Å². The Labute approximate surface area is 95.0 Å². The molecule has 0 saturated heterocycles. The zero-order valence-electron chi connectivity index (χ0n) is 10.5. The van der Waals surface area contributed by atoms with Crippen LogP contribution in [0.25, 0.3) is 0 Å². The van der Waals surface area contributed by atoms with Gasteiger partial charge in [-0.05, 0) is 51.6 Å². The Kier molecular flexibility index (Phi) is 5.62. The molecule has 1 atom stereocenters. The molecule has 1 unspecified atom stereocenters. The van der Waals surface area contributed by atoms with Crippen molar-refractivity contribution in [3.8, 4) is 0 Å². The van der Waals surface area contributed by atoms with Crippen LogP contribution in [0.1, 0.15) is 58.8 Å². The van der Waals surface area contributed by atoms with Crippen molar-refractivity contribution in [2.45, 2.75) is 64.3 Å². The highest BCUT2D eigenvalue weighted by molar-refractivity contribution is 4.77. The van der Waals surface area contributed by atoms with Gasteiger partial charge in [-0.25, -0.2) is 0 Å². The molecule has 0 aromatic carbocycles. The quantitative estimate of drug-likeness (QED) is 0.664. The maximum Gasteiger partial charge on any atom is 0.0135 e. The molecule has 3 N–H and O–H groups in total. The Balaban J connectivity index is 2.00. The fourth-order valence-electron chi connectivity index (χ4n) is 2.25. The van der Waals surface area contributed by atoms with E-state index in [1.807, 2.05) is 0 Å². The third-order valence-electron chi connectivity index (χ3n) is 3.84. The molecular formula is C13H28N2. The molecule has 1 fully saturated rings. The van der Waals surface area contributed by atoms with Crippen LogP contribution in [-0.4, -0.2) is 18.6 Å². The molecule has 1 aliphatic carbocycles. The third-order valence-corrected chi connectivity index (χ3v) is 3.84. The van der Waals surface area contributed by atoms with Crippen molar-refractivity contribution >= 4 is 0 Å². The summed E-state index contributed by atoms with van der Waals surface area (Å²) < 4.78 is 0. The van der Waals surface area contributed by atoms with Gasteiger partial charge in [-0.15, -0.1) is 0 Å². The van der Waals surface area contributed by atoms with E-state index >= 15 is 0 Å². The predicted molar refractivity (Wildman–Crippen MR) is 66.9 cm³/mol. The number of hydrogen-bond donors (Lipinski definition) is 2. The lowest BCUT2D eigenvalue weighted by molar-refractivity contribution is 0.331. The Morgan fingerprint density at radius 3 is 2.53 bits per heavy atom. The number of hydrogen-bond acceptors (Lipinski definition) is 2. The molecule has 0 aromatic heterocycles. The second-order valence-electron chi connectivity index (χ2n) is 5.47. The smallest absolute Gasteiger partial charge is 0.0135 e. The summed E-state index contributed by atoms with van der Waals surface area (Å²) in [6.07, 6.45) is 9.36. The minimum Gasteiger partial charge on any atom is -0.325 e. The van der Waals surface area contributed by atoms with Crippen molar-refractivity contribution in [2.75, 3.05) is 13.1 Å². The van der Waals surface area contributed by atoms with Crippen molar-refractivity contribution in [1.82, 2.24) is 5.32 Å². The van der Waals surface area contributed by atoms with Crippen LogP contribution in [0.5, 0.6) is 0 Å². The van der Waals surface area contributed by atoms with Gasteiger partial charge in [0, 0.05) is 5.54 Å².